The molecule has 0 saturated heterocycles. The van der Waals surface area contributed by atoms with Crippen LogP contribution in [0.25, 0.3) is 0 Å². The zero-order valence-corrected chi connectivity index (χ0v) is 10.1. The summed E-state index contributed by atoms with van der Waals surface area (Å²) in [5, 5.41) is 16.5. The smallest absolute Gasteiger partial charge is 0.261 e. The van der Waals surface area contributed by atoms with Crippen LogP contribution in [-0.2, 0) is 0 Å². The third kappa shape index (κ3) is 5.25. The molecule has 1 aromatic heterocycles. The van der Waals surface area contributed by atoms with Crippen LogP contribution in [0.3, 0.4) is 0 Å². The summed E-state index contributed by atoms with van der Waals surface area (Å²) in [4.78, 5) is 12.2. The minimum Gasteiger partial charge on any atom is -0.396 e. The lowest BCUT2D eigenvalue weighted by molar-refractivity contribution is 0.0957. The third-order valence-corrected chi connectivity index (χ3v) is 2.94. The predicted molar refractivity (Wildman–Crippen MR) is 65.8 cm³/mol. The van der Waals surface area contributed by atoms with Crippen molar-refractivity contribution in [1.82, 2.24) is 10.6 Å². The SMILES string of the molecule is O=C(NCCCNCCCO)c1cccs1. The van der Waals surface area contributed by atoms with Crippen molar-refractivity contribution in [2.24, 2.45) is 0 Å². The van der Waals surface area contributed by atoms with Gasteiger partial charge in [-0.3, -0.25) is 4.79 Å². The van der Waals surface area contributed by atoms with Crippen molar-refractivity contribution in [2.45, 2.75) is 12.8 Å². The van der Waals surface area contributed by atoms with Crippen LogP contribution in [0, 0.1) is 0 Å². The molecule has 1 heterocycles. The molecule has 0 bridgehead atoms. The Morgan fingerprint density at radius 2 is 2.12 bits per heavy atom. The number of amides is 1. The van der Waals surface area contributed by atoms with Crippen LogP contribution >= 0.6 is 11.3 Å². The van der Waals surface area contributed by atoms with Crippen LogP contribution in [0.2, 0.25) is 0 Å². The number of nitrogens with one attached hydrogen (secondary N) is 2. The highest BCUT2D eigenvalue weighted by atomic mass is 32.1. The van der Waals surface area contributed by atoms with E-state index < -0.39 is 0 Å². The van der Waals surface area contributed by atoms with Gasteiger partial charge in [0.2, 0.25) is 0 Å². The minimum atomic E-state index is 0.00496. The highest BCUT2D eigenvalue weighted by Gasteiger charge is 2.03. The Hall–Kier alpha value is -0.910. The van der Waals surface area contributed by atoms with E-state index in [0.717, 1.165) is 30.8 Å². The van der Waals surface area contributed by atoms with Crippen LogP contribution in [0.15, 0.2) is 17.5 Å². The lowest BCUT2D eigenvalue weighted by Gasteiger charge is -2.04. The van der Waals surface area contributed by atoms with Gasteiger partial charge < -0.3 is 15.7 Å². The molecule has 1 rings (SSSR count). The molecule has 3 N–H and O–H groups in total. The van der Waals surface area contributed by atoms with Crippen LogP contribution < -0.4 is 10.6 Å². The number of rotatable bonds is 8. The first-order valence-electron chi connectivity index (χ1n) is 5.48. The molecule has 0 fully saturated rings. The summed E-state index contributed by atoms with van der Waals surface area (Å²) in [5.41, 5.74) is 0. The van der Waals surface area contributed by atoms with Crippen molar-refractivity contribution in [1.29, 1.82) is 0 Å². The van der Waals surface area contributed by atoms with Crippen molar-refractivity contribution in [3.8, 4) is 0 Å². The second-order valence-corrected chi connectivity index (χ2v) is 4.36. The molecule has 0 saturated carbocycles. The number of thiophene rings is 1. The number of hydrogen-bond acceptors (Lipinski definition) is 4. The van der Waals surface area contributed by atoms with Crippen molar-refractivity contribution in [3.05, 3.63) is 22.4 Å². The number of carbonyl (C=O) groups excluding carboxylic acids is 1. The van der Waals surface area contributed by atoms with Crippen molar-refractivity contribution in [2.75, 3.05) is 26.2 Å². The molecule has 16 heavy (non-hydrogen) atoms. The molecule has 0 aliphatic carbocycles. The molecule has 0 aliphatic rings. The molecule has 1 amide bonds. The average Bonchev–Trinajstić information content (AvgIpc) is 2.81. The van der Waals surface area contributed by atoms with Crippen LogP contribution in [-0.4, -0.2) is 37.3 Å². The van der Waals surface area contributed by atoms with E-state index in [4.69, 9.17) is 5.11 Å². The zero-order valence-electron chi connectivity index (χ0n) is 9.24. The first kappa shape index (κ1) is 13.2. The number of aliphatic hydroxyl groups is 1. The maximum absolute atomic E-state index is 11.5. The number of hydrogen-bond donors (Lipinski definition) is 3. The number of carbonyl (C=O) groups is 1. The molecular weight excluding hydrogens is 224 g/mol. The Kier molecular flexibility index (Phi) is 6.80. The van der Waals surface area contributed by atoms with Crippen LogP contribution in [0.5, 0.6) is 0 Å². The van der Waals surface area contributed by atoms with Gasteiger partial charge >= 0.3 is 0 Å². The molecule has 0 unspecified atom stereocenters. The molecule has 0 aromatic carbocycles. The molecular formula is C11H18N2O2S. The number of aliphatic hydroxyl groups excluding tert-OH is 1. The lowest BCUT2D eigenvalue weighted by Crippen LogP contribution is -2.27. The van der Waals surface area contributed by atoms with Gasteiger partial charge in [0, 0.05) is 13.2 Å². The van der Waals surface area contributed by atoms with Gasteiger partial charge in [-0.25, -0.2) is 0 Å². The van der Waals surface area contributed by atoms with E-state index in [1.165, 1.54) is 11.3 Å². The minimum absolute atomic E-state index is 0.00496. The summed E-state index contributed by atoms with van der Waals surface area (Å²) in [5.74, 6) is 0.00496. The highest BCUT2D eigenvalue weighted by molar-refractivity contribution is 7.12. The zero-order chi connectivity index (χ0) is 11.6. The quantitative estimate of drug-likeness (QED) is 0.592. The van der Waals surface area contributed by atoms with Gasteiger partial charge in [-0.2, -0.15) is 0 Å². The second-order valence-electron chi connectivity index (χ2n) is 3.41. The fraction of sp³-hybridized carbons (Fsp3) is 0.545. The highest BCUT2D eigenvalue weighted by Crippen LogP contribution is 2.07. The molecule has 5 heteroatoms. The largest absolute Gasteiger partial charge is 0.396 e. The molecule has 90 valence electrons. The van der Waals surface area contributed by atoms with Gasteiger partial charge in [0.15, 0.2) is 0 Å². The van der Waals surface area contributed by atoms with E-state index in [1.807, 2.05) is 17.5 Å². The summed E-state index contributed by atoms with van der Waals surface area (Å²) in [6, 6.07) is 3.69. The Bertz CT molecular complexity index is 288. The fourth-order valence-electron chi connectivity index (χ4n) is 1.24. The molecule has 1 aromatic rings. The summed E-state index contributed by atoms with van der Waals surface area (Å²) >= 11 is 1.45. The van der Waals surface area contributed by atoms with E-state index in [-0.39, 0.29) is 12.5 Å². The molecule has 0 radical (unpaired) electrons. The molecule has 0 aliphatic heterocycles. The molecule has 4 nitrogen and oxygen atoms in total. The first-order chi connectivity index (χ1) is 7.84. The van der Waals surface area contributed by atoms with Crippen LogP contribution in [0.4, 0.5) is 0 Å². The van der Waals surface area contributed by atoms with Crippen LogP contribution in [0.1, 0.15) is 22.5 Å². The maximum atomic E-state index is 11.5. The van der Waals surface area contributed by atoms with Gasteiger partial charge in [-0.15, -0.1) is 11.3 Å². The van der Waals surface area contributed by atoms with E-state index in [2.05, 4.69) is 10.6 Å². The summed E-state index contributed by atoms with van der Waals surface area (Å²) in [6.07, 6.45) is 1.68. The summed E-state index contributed by atoms with van der Waals surface area (Å²) < 4.78 is 0. The van der Waals surface area contributed by atoms with E-state index in [1.54, 1.807) is 0 Å². The monoisotopic (exact) mass is 242 g/mol. The summed E-state index contributed by atoms with van der Waals surface area (Å²) in [6.45, 7) is 2.60. The Morgan fingerprint density at radius 1 is 1.31 bits per heavy atom. The fourth-order valence-corrected chi connectivity index (χ4v) is 1.88. The van der Waals surface area contributed by atoms with Gasteiger partial charge in [0.05, 0.1) is 4.88 Å². The van der Waals surface area contributed by atoms with Gasteiger partial charge in [0.25, 0.3) is 5.91 Å². The standard InChI is InChI=1S/C11H18N2O2S/c14-8-3-6-12-5-2-7-13-11(15)10-4-1-9-16-10/h1,4,9,12,14H,2-3,5-8H2,(H,13,15). The van der Waals surface area contributed by atoms with Gasteiger partial charge in [0.1, 0.15) is 0 Å². The van der Waals surface area contributed by atoms with E-state index in [0.29, 0.717) is 6.54 Å². The van der Waals surface area contributed by atoms with Crippen molar-refractivity contribution in [3.63, 3.8) is 0 Å². The van der Waals surface area contributed by atoms with Gasteiger partial charge in [-0.1, -0.05) is 6.07 Å². The van der Waals surface area contributed by atoms with Gasteiger partial charge in [-0.05, 0) is 37.4 Å². The predicted octanol–water partition coefficient (Wildman–Crippen LogP) is 0.840. The van der Waals surface area contributed by atoms with Crippen molar-refractivity contribution >= 4 is 17.2 Å². The molecule has 0 spiro atoms. The van der Waals surface area contributed by atoms with E-state index >= 15 is 0 Å². The first-order valence-corrected chi connectivity index (χ1v) is 6.36. The van der Waals surface area contributed by atoms with E-state index in [9.17, 15) is 4.79 Å². The third-order valence-electron chi connectivity index (χ3n) is 2.07. The maximum Gasteiger partial charge on any atom is 0.261 e. The van der Waals surface area contributed by atoms with Crippen molar-refractivity contribution < 1.29 is 9.90 Å². The lowest BCUT2D eigenvalue weighted by atomic mass is 10.3. The second kappa shape index (κ2) is 8.27. The topological polar surface area (TPSA) is 61.4 Å². The Balaban J connectivity index is 1.97. The Morgan fingerprint density at radius 3 is 2.81 bits per heavy atom. The molecule has 0 atom stereocenters. The normalized spacial score (nSPS) is 10.3. The average molecular weight is 242 g/mol. The Labute approximate surface area is 99.7 Å². The summed E-state index contributed by atoms with van der Waals surface area (Å²) in [7, 11) is 0.